The second-order valence-electron chi connectivity index (χ2n) is 2.95. The molecule has 38 nitrogen and oxygen atoms in total. The van der Waals surface area contributed by atoms with E-state index in [2.05, 4.69) is 0 Å². The molecule has 0 aliphatic rings. The average Bonchev–Trinajstić information content (AvgIpc) is 2.40. The summed E-state index contributed by atoms with van der Waals surface area (Å²) < 4.78 is 0. The predicted molar refractivity (Wildman–Crippen MR) is 72.9 cm³/mol. The van der Waals surface area contributed by atoms with Gasteiger partial charge in [-0.05, 0) is 0 Å². The second-order valence-corrected chi connectivity index (χ2v) is 2.95. The quantitative estimate of drug-likeness (QED) is 0.186. The molecule has 0 amide bonds. The first-order chi connectivity index (χ1) is 10.6. The van der Waals surface area contributed by atoms with Crippen molar-refractivity contribution < 1.29 is 1250 Å². The molecule has 0 aromatic heterocycles. The third-order valence-corrected chi connectivity index (χ3v) is 0.889. The molecule has 0 spiro atoms. The van der Waals surface area contributed by atoms with E-state index >= 15 is 0 Å². The van der Waals surface area contributed by atoms with Crippen molar-refractivity contribution in [3.63, 3.8) is 0 Å². The monoisotopic (exact) mass is 1710 g/mol. The van der Waals surface area contributed by atoms with E-state index in [0.717, 1.165) is 0 Å². The Morgan fingerprint density at radius 2 is 0.116 bits per heavy atom. The molecule has 0 aliphatic carbocycles. The first kappa shape index (κ1) is 375. The maximum atomic E-state index is 9.05. The van der Waals surface area contributed by atoms with E-state index in [1.165, 1.54) is 0 Å². The Kier molecular flexibility index (Phi) is 1700. The Morgan fingerprint density at radius 3 is 0.116 bits per heavy atom. The summed E-state index contributed by atoms with van der Waals surface area (Å²) in [6.07, 6.45) is -22.1. The van der Waals surface area contributed by atoms with Crippen LogP contribution in [0.1, 0.15) is 0 Å². The predicted octanol–water partition coefficient (Wildman–Crippen LogP) is -80.5. The standard InChI is InChI=1S/4C2H2O4.4Co.19K.22H2O/c4*3-1(4)2(5)6;;;;;;;;;;;;;;;;;;;;;;;;;;;;;;;;;;;;;;;;;;;;;/h4*1-2H;;;;;;;;;;;;;;;;;;;;;;;;22*1H2/q4*-4;;;;;19*+1;;;;;;;;;;;;;;;;;;;;;;/p-22. The molecule has 0 aromatic rings. The van der Waals surface area contributed by atoms with E-state index in [9.17, 15) is 0 Å². The van der Waals surface area contributed by atoms with Crippen molar-refractivity contribution in [2.45, 2.75) is 50.3 Å². The molecule has 0 rings (SSSR count). The molecule has 364 valence electrons. The molecule has 61 heteroatoms. The van der Waals surface area contributed by atoms with Gasteiger partial charge in [0.25, 0.3) is 0 Å². The van der Waals surface area contributed by atoms with Crippen molar-refractivity contribution in [1.82, 2.24) is 0 Å². The topological polar surface area (TPSA) is 1030 Å². The molecule has 0 aliphatic heterocycles. The van der Waals surface area contributed by atoms with Gasteiger partial charge < -0.3 is 202 Å². The SMILES string of the molecule is [Co].[Co].[Co].[Co].[K+].[K+].[K+].[K+].[K+].[K+].[K+].[K+].[K+].[K+].[K+].[K+].[K+].[K+].[K+].[K+].[K+].[K+].[K+].[O-]C([O-])C([O-])[O-].[O-]C([O-])C([O-])[O-].[O-]C([O-])C([O-])[O-].[O-]C([O-])C([O-])[O-].[OH-].[OH-].[OH-].[OH-].[OH-].[OH-].[OH-].[OH-].[OH-].[OH-].[OH-].[OH-].[OH-].[OH-].[OH-].[OH-].[OH-].[OH-].[OH-].[OH-].[OH-].[OH-]. The van der Waals surface area contributed by atoms with Crippen LogP contribution in [0.25, 0.3) is 0 Å². The Labute approximate surface area is 1250 Å². The first-order valence-corrected chi connectivity index (χ1v) is 5.10. The Hall–Kier alpha value is 31.6. The zero-order valence-corrected chi connectivity index (χ0v) is 105. The molecule has 0 fully saturated rings. The first-order valence-electron chi connectivity index (χ1n) is 5.10. The van der Waals surface area contributed by atoms with Crippen LogP contribution >= 0.6 is 0 Å². The summed E-state index contributed by atoms with van der Waals surface area (Å²) in [5.41, 5.74) is 0. The summed E-state index contributed by atoms with van der Waals surface area (Å²) in [7, 11) is 0. The summed E-state index contributed by atoms with van der Waals surface area (Å²) in [6, 6.07) is 0. The number of hydrogen-bond donors (Lipinski definition) is 0. The largest absolute Gasteiger partial charge is 1.00 e. The molecular weight excluding hydrogens is 1680 g/mol. The fourth-order valence-electron chi connectivity index (χ4n) is 0. The molecular formula is C8H30Co4K19O38-19. The third-order valence-electron chi connectivity index (χ3n) is 0.889. The molecule has 0 bridgehead atoms. The van der Waals surface area contributed by atoms with Gasteiger partial charge in [-0.1, -0.05) is 0 Å². The van der Waals surface area contributed by atoms with Crippen LogP contribution in [0.4, 0.5) is 0 Å². The van der Waals surface area contributed by atoms with E-state index in [-0.39, 0.29) is 1160 Å². The van der Waals surface area contributed by atoms with Crippen molar-refractivity contribution in [3.8, 4) is 0 Å². The summed E-state index contributed by atoms with van der Waals surface area (Å²) in [4.78, 5) is 0. The molecule has 0 aromatic carbocycles. The van der Waals surface area contributed by atoms with Crippen LogP contribution in [0.3, 0.4) is 0 Å². The fourth-order valence-corrected chi connectivity index (χ4v) is 0. The molecule has 22 N–H and O–H groups in total. The summed E-state index contributed by atoms with van der Waals surface area (Å²) in [6.45, 7) is 0. The summed E-state index contributed by atoms with van der Waals surface area (Å²) in [5, 5.41) is 145. The van der Waals surface area contributed by atoms with Crippen molar-refractivity contribution in [2.24, 2.45) is 0 Å². The molecule has 0 unspecified atom stereocenters. The van der Waals surface area contributed by atoms with Crippen LogP contribution in [0.2, 0.25) is 0 Å². The fraction of sp³-hybridized carbons (Fsp3) is 1.00. The van der Waals surface area contributed by atoms with Gasteiger partial charge in [0.05, 0.1) is 0 Å². The van der Waals surface area contributed by atoms with E-state index in [0.29, 0.717) is 0 Å². The zero-order valence-electron chi connectivity index (χ0n) is 41.3. The van der Waals surface area contributed by atoms with Crippen LogP contribution in [-0.2, 0) is 67.1 Å². The number of rotatable bonds is 4. The van der Waals surface area contributed by atoms with Gasteiger partial charge in [-0.3, -0.25) is 50.3 Å². The van der Waals surface area contributed by atoms with Crippen LogP contribution in [-0.4, -0.2) is 171 Å². The molecule has 0 saturated heterocycles. The van der Waals surface area contributed by atoms with E-state index in [1.807, 2.05) is 0 Å². The van der Waals surface area contributed by atoms with Crippen molar-refractivity contribution >= 4 is 0 Å². The normalized spacial score (nSPS) is 3.83. The van der Waals surface area contributed by atoms with Gasteiger partial charge in [-0.15, -0.1) is 0 Å². The van der Waals surface area contributed by atoms with Gasteiger partial charge in [0.1, 0.15) is 0 Å². The summed E-state index contributed by atoms with van der Waals surface area (Å²) in [5.74, 6) is 0. The minimum Gasteiger partial charge on any atom is -0.870 e. The smallest absolute Gasteiger partial charge is 0.870 e. The average molecular weight is 1710 g/mol. The minimum atomic E-state index is -2.76. The third kappa shape index (κ3) is 419. The van der Waals surface area contributed by atoms with Crippen LogP contribution in [0.15, 0.2) is 0 Å². The van der Waals surface area contributed by atoms with E-state index in [4.69, 9.17) is 81.7 Å². The van der Waals surface area contributed by atoms with Crippen molar-refractivity contribution in [3.05, 3.63) is 0 Å². The van der Waals surface area contributed by atoms with Gasteiger partial charge in [0.2, 0.25) is 0 Å². The Bertz CT molecular complexity index is 241. The maximum Gasteiger partial charge on any atom is 1.00 e. The van der Waals surface area contributed by atoms with Gasteiger partial charge in [-0.25, -0.2) is 0 Å². The van der Waals surface area contributed by atoms with Gasteiger partial charge in [0.15, 0.2) is 0 Å². The molecule has 69 heavy (non-hydrogen) atoms. The maximum absolute atomic E-state index is 9.05. The van der Waals surface area contributed by atoms with Gasteiger partial charge in [0, 0.05) is 67.1 Å². The van der Waals surface area contributed by atoms with Gasteiger partial charge >= 0.3 is 976 Å². The zero-order chi connectivity index (χ0) is 20.6. The number of hydrogen-bond acceptors (Lipinski definition) is 38. The summed E-state index contributed by atoms with van der Waals surface area (Å²) >= 11 is 0. The molecule has 0 saturated carbocycles. The molecule has 0 heterocycles. The van der Waals surface area contributed by atoms with Crippen LogP contribution < -0.4 is 1060 Å². The Morgan fingerprint density at radius 1 is 0.101 bits per heavy atom. The van der Waals surface area contributed by atoms with Gasteiger partial charge in [-0.2, -0.15) is 0 Å². The van der Waals surface area contributed by atoms with Crippen LogP contribution in [0.5, 0.6) is 0 Å². The Balaban J connectivity index is -0.00000000135. The minimum absolute atomic E-state index is 0. The van der Waals surface area contributed by atoms with E-state index in [1.54, 1.807) is 0 Å². The van der Waals surface area contributed by atoms with Crippen molar-refractivity contribution in [2.75, 3.05) is 0 Å². The second kappa shape index (κ2) is 313. The molecule has 4 radical (unpaired) electrons. The van der Waals surface area contributed by atoms with Crippen molar-refractivity contribution in [1.29, 1.82) is 0 Å². The molecule has 0 atom stereocenters. The van der Waals surface area contributed by atoms with E-state index < -0.39 is 50.3 Å². The van der Waals surface area contributed by atoms with Crippen LogP contribution in [0, 0.1) is 0 Å².